The predicted molar refractivity (Wildman–Crippen MR) is 140 cm³/mol. The van der Waals surface area contributed by atoms with Crippen LogP contribution in [0.25, 0.3) is 11.1 Å². The van der Waals surface area contributed by atoms with Crippen LogP contribution >= 0.6 is 0 Å². The van der Waals surface area contributed by atoms with E-state index in [0.29, 0.717) is 41.8 Å². The lowest BCUT2D eigenvalue weighted by molar-refractivity contribution is -0.0431. The molecule has 5 rings (SSSR count). The molecule has 0 radical (unpaired) electrons. The number of hydrogen-bond donors (Lipinski definition) is 2. The summed E-state index contributed by atoms with van der Waals surface area (Å²) in [6, 6.07) is 14.8. The molecule has 0 unspecified atom stereocenters. The van der Waals surface area contributed by atoms with Crippen molar-refractivity contribution >= 4 is 17.4 Å². The summed E-state index contributed by atoms with van der Waals surface area (Å²) >= 11 is 0. The number of aliphatic hydroxyl groups is 1. The standard InChI is InChI=1S/C28H31N3O6/c1-18-4-6-21(29-27(33)19-5-7-23-24(14-19)37-28(2,3)36-23)17-22(18)20-15-25(31-8-11-34-12-9-31)30-26(16-20)35-13-10-32/h4-7,14-17,32H,8-13H2,1-3H3,(H,29,33). The Bertz CT molecular complexity index is 1300. The van der Waals surface area contributed by atoms with Gasteiger partial charge >= 0.3 is 0 Å². The SMILES string of the molecule is Cc1ccc(NC(=O)c2ccc3c(c2)OC(C)(C)O3)cc1-c1cc(OCCO)nc(N2CCOCC2)c1. The van der Waals surface area contributed by atoms with Crippen molar-refractivity contribution in [2.75, 3.05) is 49.7 Å². The van der Waals surface area contributed by atoms with E-state index in [1.54, 1.807) is 18.2 Å². The first-order valence-electron chi connectivity index (χ1n) is 12.3. The zero-order valence-corrected chi connectivity index (χ0v) is 21.2. The van der Waals surface area contributed by atoms with Gasteiger partial charge in [-0.3, -0.25) is 4.79 Å². The highest BCUT2D eigenvalue weighted by atomic mass is 16.7. The monoisotopic (exact) mass is 505 g/mol. The summed E-state index contributed by atoms with van der Waals surface area (Å²) in [5.74, 6) is 1.38. The Hall–Kier alpha value is -3.82. The number of rotatable bonds is 7. The fraction of sp³-hybridized carbons (Fsp3) is 0.357. The Kier molecular flexibility index (Phi) is 6.90. The molecule has 0 atom stereocenters. The van der Waals surface area contributed by atoms with Crippen molar-refractivity contribution in [3.8, 4) is 28.5 Å². The molecule has 0 aliphatic carbocycles. The average molecular weight is 506 g/mol. The number of aryl methyl sites for hydroxylation is 1. The smallest absolute Gasteiger partial charge is 0.255 e. The van der Waals surface area contributed by atoms with Gasteiger partial charge in [-0.25, -0.2) is 0 Å². The van der Waals surface area contributed by atoms with Gasteiger partial charge in [0.1, 0.15) is 12.4 Å². The molecule has 2 N–H and O–H groups in total. The maximum absolute atomic E-state index is 13.1. The molecule has 37 heavy (non-hydrogen) atoms. The number of carbonyl (C=O) groups excluding carboxylic acids is 1. The van der Waals surface area contributed by atoms with Crippen LogP contribution in [0, 0.1) is 6.92 Å². The van der Waals surface area contributed by atoms with Gasteiger partial charge in [-0.05, 0) is 60.0 Å². The summed E-state index contributed by atoms with van der Waals surface area (Å²) in [5.41, 5.74) is 4.02. The lowest BCUT2D eigenvalue weighted by Gasteiger charge is -2.28. The number of fused-ring (bicyclic) bond motifs is 1. The third-order valence-electron chi connectivity index (χ3n) is 6.19. The van der Waals surface area contributed by atoms with Gasteiger partial charge in [0.2, 0.25) is 11.7 Å². The van der Waals surface area contributed by atoms with E-state index >= 15 is 0 Å². The van der Waals surface area contributed by atoms with E-state index < -0.39 is 5.79 Å². The van der Waals surface area contributed by atoms with Gasteiger partial charge < -0.3 is 34.3 Å². The van der Waals surface area contributed by atoms with Crippen LogP contribution in [-0.4, -0.2) is 61.3 Å². The number of aromatic nitrogens is 1. The number of amides is 1. The molecule has 9 nitrogen and oxygen atoms in total. The number of hydrogen-bond acceptors (Lipinski definition) is 8. The van der Waals surface area contributed by atoms with Crippen LogP contribution in [0.4, 0.5) is 11.5 Å². The molecule has 2 aromatic carbocycles. The van der Waals surface area contributed by atoms with Crippen molar-refractivity contribution in [3.05, 3.63) is 59.7 Å². The summed E-state index contributed by atoms with van der Waals surface area (Å²) in [6.45, 7) is 8.46. The Labute approximate surface area is 215 Å². The van der Waals surface area contributed by atoms with Gasteiger partial charge in [0.05, 0.1) is 19.8 Å². The third-order valence-corrected chi connectivity index (χ3v) is 6.19. The summed E-state index contributed by atoms with van der Waals surface area (Å²) in [4.78, 5) is 19.9. The van der Waals surface area contributed by atoms with Crippen LogP contribution in [0.5, 0.6) is 17.4 Å². The first-order valence-corrected chi connectivity index (χ1v) is 12.3. The van der Waals surface area contributed by atoms with Crippen molar-refractivity contribution < 1.29 is 28.8 Å². The molecule has 1 fully saturated rings. The van der Waals surface area contributed by atoms with Crippen molar-refractivity contribution in [3.63, 3.8) is 0 Å². The van der Waals surface area contributed by atoms with Gasteiger partial charge in [0.15, 0.2) is 11.5 Å². The van der Waals surface area contributed by atoms with Gasteiger partial charge in [-0.2, -0.15) is 4.98 Å². The van der Waals surface area contributed by atoms with Crippen molar-refractivity contribution in [1.29, 1.82) is 0 Å². The average Bonchev–Trinajstić information content (AvgIpc) is 3.21. The van der Waals surface area contributed by atoms with E-state index in [9.17, 15) is 9.90 Å². The molecule has 0 spiro atoms. The lowest BCUT2D eigenvalue weighted by Crippen LogP contribution is -2.36. The fourth-order valence-corrected chi connectivity index (χ4v) is 4.40. The van der Waals surface area contributed by atoms with Gasteiger partial charge in [0, 0.05) is 44.3 Å². The summed E-state index contributed by atoms with van der Waals surface area (Å²) in [5, 5.41) is 12.2. The van der Waals surface area contributed by atoms with Crippen LogP contribution in [0.15, 0.2) is 48.5 Å². The van der Waals surface area contributed by atoms with E-state index in [4.69, 9.17) is 18.9 Å². The number of pyridine rings is 1. The zero-order chi connectivity index (χ0) is 26.0. The lowest BCUT2D eigenvalue weighted by atomic mass is 10.00. The number of nitrogens with one attached hydrogen (secondary N) is 1. The number of benzene rings is 2. The molecular formula is C28H31N3O6. The number of anilines is 2. The highest BCUT2D eigenvalue weighted by Gasteiger charge is 2.32. The Morgan fingerprint density at radius 1 is 1.08 bits per heavy atom. The normalized spacial score (nSPS) is 15.9. The summed E-state index contributed by atoms with van der Waals surface area (Å²) < 4.78 is 22.7. The predicted octanol–water partition coefficient (Wildman–Crippen LogP) is 4.02. The molecule has 2 aliphatic heterocycles. The maximum atomic E-state index is 13.1. The molecule has 0 bridgehead atoms. The fourth-order valence-electron chi connectivity index (χ4n) is 4.40. The molecule has 3 aromatic rings. The topological polar surface area (TPSA) is 102 Å². The second kappa shape index (κ2) is 10.3. The molecule has 9 heteroatoms. The van der Waals surface area contributed by atoms with E-state index in [-0.39, 0.29) is 19.1 Å². The van der Waals surface area contributed by atoms with Gasteiger partial charge in [0.25, 0.3) is 5.91 Å². The molecule has 194 valence electrons. The third kappa shape index (κ3) is 5.63. The number of nitrogens with zero attached hydrogens (tertiary/aromatic N) is 2. The number of morpholine rings is 1. The minimum atomic E-state index is -0.756. The minimum Gasteiger partial charge on any atom is -0.475 e. The number of carbonyl (C=O) groups is 1. The molecule has 3 heterocycles. The Balaban J connectivity index is 1.42. The maximum Gasteiger partial charge on any atom is 0.255 e. The summed E-state index contributed by atoms with van der Waals surface area (Å²) in [6.07, 6.45) is 0. The Morgan fingerprint density at radius 3 is 2.65 bits per heavy atom. The first-order chi connectivity index (χ1) is 17.8. The van der Waals surface area contributed by atoms with Crippen molar-refractivity contribution in [2.24, 2.45) is 0 Å². The minimum absolute atomic E-state index is 0.101. The first kappa shape index (κ1) is 24.9. The van der Waals surface area contributed by atoms with Crippen LogP contribution in [0.1, 0.15) is 29.8 Å². The van der Waals surface area contributed by atoms with Crippen LogP contribution in [0.2, 0.25) is 0 Å². The molecule has 2 aliphatic rings. The second-order valence-corrected chi connectivity index (χ2v) is 9.47. The second-order valence-electron chi connectivity index (χ2n) is 9.47. The quantitative estimate of drug-likeness (QED) is 0.496. The molecular weight excluding hydrogens is 474 g/mol. The van der Waals surface area contributed by atoms with Gasteiger partial charge in [-0.1, -0.05) is 6.07 Å². The highest BCUT2D eigenvalue weighted by Crippen LogP contribution is 2.40. The largest absolute Gasteiger partial charge is 0.475 e. The summed E-state index contributed by atoms with van der Waals surface area (Å²) in [7, 11) is 0. The molecule has 1 aromatic heterocycles. The molecule has 0 saturated carbocycles. The Morgan fingerprint density at radius 2 is 1.86 bits per heavy atom. The molecule has 1 saturated heterocycles. The number of ether oxygens (including phenoxy) is 4. The zero-order valence-electron chi connectivity index (χ0n) is 21.2. The van der Waals surface area contributed by atoms with Crippen LogP contribution < -0.4 is 24.4 Å². The van der Waals surface area contributed by atoms with E-state index in [1.165, 1.54) is 0 Å². The highest BCUT2D eigenvalue weighted by molar-refractivity contribution is 6.05. The van der Waals surface area contributed by atoms with Crippen LogP contribution in [-0.2, 0) is 4.74 Å². The molecule has 1 amide bonds. The van der Waals surface area contributed by atoms with E-state index in [1.807, 2.05) is 51.1 Å². The van der Waals surface area contributed by atoms with E-state index in [0.717, 1.165) is 35.6 Å². The van der Waals surface area contributed by atoms with Gasteiger partial charge in [-0.15, -0.1) is 0 Å². The van der Waals surface area contributed by atoms with Crippen molar-refractivity contribution in [1.82, 2.24) is 4.98 Å². The van der Waals surface area contributed by atoms with Crippen molar-refractivity contribution in [2.45, 2.75) is 26.6 Å². The number of aliphatic hydroxyl groups excluding tert-OH is 1. The van der Waals surface area contributed by atoms with Crippen LogP contribution in [0.3, 0.4) is 0 Å². The van der Waals surface area contributed by atoms with E-state index in [2.05, 4.69) is 15.2 Å².